The van der Waals surface area contributed by atoms with Crippen molar-refractivity contribution in [3.8, 4) is 0 Å². The molecule has 0 spiro atoms. The number of para-hydroxylation sites is 1. The van der Waals surface area contributed by atoms with E-state index in [0.29, 0.717) is 0 Å². The lowest BCUT2D eigenvalue weighted by molar-refractivity contribution is -0.142. The number of carbonyl (C=O) groups is 5. The van der Waals surface area contributed by atoms with Crippen molar-refractivity contribution in [2.24, 2.45) is 17.4 Å². The number of carboxylic acids is 1. The van der Waals surface area contributed by atoms with E-state index in [1.807, 2.05) is 38.1 Å². The second-order valence-electron chi connectivity index (χ2n) is 8.71. The number of carboxylic acid groups (broad SMARTS) is 1. The molecule has 1 aromatic carbocycles. The van der Waals surface area contributed by atoms with Crippen LogP contribution < -0.4 is 27.4 Å². The van der Waals surface area contributed by atoms with Gasteiger partial charge >= 0.3 is 5.97 Å². The molecule has 0 fully saturated rings. The number of nitrogens with one attached hydrogen (secondary N) is 4. The number of fused-ring (bicyclic) bond motifs is 1. The maximum Gasteiger partial charge on any atom is 0.326 e. The molecule has 0 aliphatic heterocycles. The summed E-state index contributed by atoms with van der Waals surface area (Å²) < 4.78 is 0. The number of amides is 4. The molecule has 35 heavy (non-hydrogen) atoms. The van der Waals surface area contributed by atoms with E-state index in [0.717, 1.165) is 16.5 Å². The fourth-order valence-electron chi connectivity index (χ4n) is 3.55. The number of primary amides is 1. The Morgan fingerprint density at radius 2 is 1.71 bits per heavy atom. The molecule has 1 aromatic heterocycles. The van der Waals surface area contributed by atoms with Crippen molar-refractivity contribution in [1.29, 1.82) is 0 Å². The van der Waals surface area contributed by atoms with Gasteiger partial charge in [-0.2, -0.15) is 0 Å². The van der Waals surface area contributed by atoms with Crippen LogP contribution in [0.4, 0.5) is 0 Å². The van der Waals surface area contributed by atoms with E-state index in [1.165, 1.54) is 0 Å². The number of aliphatic carboxylic acids is 1. The summed E-state index contributed by atoms with van der Waals surface area (Å²) in [5.41, 5.74) is 12.4. The average molecular weight is 489 g/mol. The van der Waals surface area contributed by atoms with Gasteiger partial charge in [0.2, 0.25) is 23.6 Å². The van der Waals surface area contributed by atoms with Crippen LogP contribution in [0.1, 0.15) is 32.3 Å². The minimum Gasteiger partial charge on any atom is -0.480 e. The molecule has 0 radical (unpaired) electrons. The Labute approximate surface area is 202 Å². The van der Waals surface area contributed by atoms with Crippen molar-refractivity contribution in [2.75, 3.05) is 6.54 Å². The maximum atomic E-state index is 12.9. The molecule has 3 atom stereocenters. The number of hydrogen-bond donors (Lipinski definition) is 7. The molecule has 0 bridgehead atoms. The second-order valence-corrected chi connectivity index (χ2v) is 8.71. The fraction of sp³-hybridized carbons (Fsp3) is 0.435. The van der Waals surface area contributed by atoms with Gasteiger partial charge in [0.25, 0.3) is 0 Å². The van der Waals surface area contributed by atoms with E-state index in [-0.39, 0.29) is 18.8 Å². The summed E-state index contributed by atoms with van der Waals surface area (Å²) in [4.78, 5) is 63.2. The Balaban J connectivity index is 2.11. The van der Waals surface area contributed by atoms with Crippen LogP contribution in [-0.4, -0.2) is 64.4 Å². The molecule has 2 rings (SSSR count). The number of carbonyl (C=O) groups excluding carboxylic acids is 4. The van der Waals surface area contributed by atoms with E-state index < -0.39 is 60.7 Å². The largest absolute Gasteiger partial charge is 0.480 e. The van der Waals surface area contributed by atoms with Crippen LogP contribution in [-0.2, 0) is 30.4 Å². The molecule has 0 saturated heterocycles. The summed E-state index contributed by atoms with van der Waals surface area (Å²) in [7, 11) is 0. The Morgan fingerprint density at radius 3 is 2.34 bits per heavy atom. The lowest BCUT2D eigenvalue weighted by Gasteiger charge is -2.21. The van der Waals surface area contributed by atoms with Gasteiger partial charge in [-0.1, -0.05) is 32.0 Å². The molecule has 0 saturated carbocycles. The van der Waals surface area contributed by atoms with Crippen LogP contribution in [0.25, 0.3) is 10.9 Å². The SMILES string of the molecule is CC(C)CC(NC(=O)CNC(=O)C(Cc1c[nH]c2ccccc12)NC(=O)C(N)CC(N)=O)C(=O)O. The Morgan fingerprint density at radius 1 is 1.03 bits per heavy atom. The second kappa shape index (κ2) is 12.5. The van der Waals surface area contributed by atoms with Crippen LogP contribution in [0, 0.1) is 5.92 Å². The maximum absolute atomic E-state index is 12.9. The van der Waals surface area contributed by atoms with Gasteiger partial charge in [-0.3, -0.25) is 19.2 Å². The minimum absolute atomic E-state index is 0.0337. The van der Waals surface area contributed by atoms with Crippen LogP contribution in [0.5, 0.6) is 0 Å². The fourth-order valence-corrected chi connectivity index (χ4v) is 3.55. The predicted octanol–water partition coefficient (Wildman–Crippen LogP) is -0.870. The number of H-pyrrole nitrogens is 1. The quantitative estimate of drug-likeness (QED) is 0.189. The Hall–Kier alpha value is -3.93. The normalized spacial score (nSPS) is 13.6. The molecule has 12 nitrogen and oxygen atoms in total. The van der Waals surface area contributed by atoms with Crippen molar-refractivity contribution in [2.45, 2.75) is 51.2 Å². The van der Waals surface area contributed by atoms with Crippen molar-refractivity contribution >= 4 is 40.5 Å². The van der Waals surface area contributed by atoms with Gasteiger partial charge in [0.15, 0.2) is 0 Å². The van der Waals surface area contributed by atoms with Crippen LogP contribution in [0.2, 0.25) is 0 Å². The molecule has 3 unspecified atom stereocenters. The van der Waals surface area contributed by atoms with Crippen LogP contribution in [0.15, 0.2) is 30.5 Å². The highest BCUT2D eigenvalue weighted by Gasteiger charge is 2.27. The average Bonchev–Trinajstić information content (AvgIpc) is 3.18. The molecule has 0 aliphatic carbocycles. The molecule has 2 aromatic rings. The monoisotopic (exact) mass is 488 g/mol. The first kappa shape index (κ1) is 27.3. The van der Waals surface area contributed by atoms with Crippen molar-refractivity contribution < 1.29 is 29.1 Å². The highest BCUT2D eigenvalue weighted by Crippen LogP contribution is 2.19. The molecule has 12 heteroatoms. The smallest absolute Gasteiger partial charge is 0.326 e. The highest BCUT2D eigenvalue weighted by molar-refractivity contribution is 5.94. The van der Waals surface area contributed by atoms with E-state index >= 15 is 0 Å². The van der Waals surface area contributed by atoms with E-state index in [2.05, 4.69) is 20.9 Å². The zero-order chi connectivity index (χ0) is 26.1. The summed E-state index contributed by atoms with van der Waals surface area (Å²) in [6.45, 7) is 3.16. The summed E-state index contributed by atoms with van der Waals surface area (Å²) in [6, 6.07) is 3.92. The van der Waals surface area contributed by atoms with E-state index in [1.54, 1.807) is 6.20 Å². The van der Waals surface area contributed by atoms with E-state index in [4.69, 9.17) is 11.5 Å². The minimum atomic E-state index is -1.25. The Kier molecular flexibility index (Phi) is 9.76. The van der Waals surface area contributed by atoms with Crippen LogP contribution >= 0.6 is 0 Å². The lowest BCUT2D eigenvalue weighted by Crippen LogP contribution is -2.54. The topological polar surface area (TPSA) is 210 Å². The van der Waals surface area contributed by atoms with Gasteiger partial charge in [-0.25, -0.2) is 4.79 Å². The van der Waals surface area contributed by atoms with Crippen molar-refractivity contribution in [3.05, 3.63) is 36.0 Å². The zero-order valence-corrected chi connectivity index (χ0v) is 19.7. The summed E-state index contributed by atoms with van der Waals surface area (Å²) in [5, 5.41) is 17.4. The molecular weight excluding hydrogens is 456 g/mol. The summed E-state index contributed by atoms with van der Waals surface area (Å²) in [5.74, 6) is -4.03. The molecule has 1 heterocycles. The number of aromatic nitrogens is 1. The zero-order valence-electron chi connectivity index (χ0n) is 19.7. The first-order valence-electron chi connectivity index (χ1n) is 11.2. The van der Waals surface area contributed by atoms with Crippen molar-refractivity contribution in [1.82, 2.24) is 20.9 Å². The molecular formula is C23H32N6O6. The molecule has 9 N–H and O–H groups in total. The van der Waals surface area contributed by atoms with E-state index in [9.17, 15) is 29.1 Å². The lowest BCUT2D eigenvalue weighted by atomic mass is 10.0. The van der Waals surface area contributed by atoms with Gasteiger partial charge < -0.3 is 37.5 Å². The summed E-state index contributed by atoms with van der Waals surface area (Å²) in [6.07, 6.45) is 1.60. The third kappa shape index (κ3) is 8.41. The van der Waals surface area contributed by atoms with Gasteiger partial charge in [0, 0.05) is 23.5 Å². The van der Waals surface area contributed by atoms with Gasteiger partial charge in [0.05, 0.1) is 19.0 Å². The third-order valence-corrected chi connectivity index (χ3v) is 5.25. The third-order valence-electron chi connectivity index (χ3n) is 5.25. The Bertz CT molecular complexity index is 1080. The van der Waals surface area contributed by atoms with Gasteiger partial charge in [-0.15, -0.1) is 0 Å². The summed E-state index contributed by atoms with van der Waals surface area (Å²) >= 11 is 0. The number of aromatic amines is 1. The molecule has 0 aliphatic rings. The number of nitrogens with two attached hydrogens (primary N) is 2. The number of hydrogen-bond acceptors (Lipinski definition) is 6. The molecule has 190 valence electrons. The first-order valence-corrected chi connectivity index (χ1v) is 11.2. The highest BCUT2D eigenvalue weighted by atomic mass is 16.4. The van der Waals surface area contributed by atoms with Crippen LogP contribution in [0.3, 0.4) is 0 Å². The standard InChI is InChI=1S/C23H32N6O6/c1-12(2)7-18(23(34)35)28-20(31)11-27-22(33)17(29-21(32)15(24)9-19(25)30)8-13-10-26-16-6-4-3-5-14(13)16/h3-6,10,12,15,17-18,26H,7-9,11,24H2,1-2H3,(H2,25,30)(H,27,33)(H,28,31)(H,29,32)(H,34,35). The number of rotatable bonds is 13. The predicted molar refractivity (Wildman–Crippen MR) is 128 cm³/mol. The first-order chi connectivity index (χ1) is 16.5. The van der Waals surface area contributed by atoms with Gasteiger partial charge in [-0.05, 0) is 24.0 Å². The van der Waals surface area contributed by atoms with Gasteiger partial charge in [0.1, 0.15) is 12.1 Å². The van der Waals surface area contributed by atoms with Crippen molar-refractivity contribution in [3.63, 3.8) is 0 Å². The molecule has 4 amide bonds. The number of benzene rings is 1.